The summed E-state index contributed by atoms with van der Waals surface area (Å²) in [5.41, 5.74) is 1.08. The van der Waals surface area contributed by atoms with E-state index in [1.54, 1.807) is 18.5 Å². The van der Waals surface area contributed by atoms with Gasteiger partial charge in [-0.1, -0.05) is 103 Å². The van der Waals surface area contributed by atoms with Crippen molar-refractivity contribution in [3.63, 3.8) is 0 Å². The molecule has 0 aliphatic rings. The van der Waals surface area contributed by atoms with Gasteiger partial charge in [0.1, 0.15) is 5.75 Å². The summed E-state index contributed by atoms with van der Waals surface area (Å²) in [7, 11) is 1.67. The quantitative estimate of drug-likeness (QED) is 0.525. The van der Waals surface area contributed by atoms with E-state index in [9.17, 15) is 0 Å². The molecular weight excluding hydrogens is 363 g/mol. The molecule has 3 rings (SSSR count). The van der Waals surface area contributed by atoms with Crippen molar-refractivity contribution >= 4 is 43.9 Å². The molecule has 25 heavy (non-hydrogen) atoms. The highest BCUT2D eigenvalue weighted by atomic mass is 32.9. The minimum Gasteiger partial charge on any atom is -0.497 e. The molecule has 0 spiro atoms. The summed E-state index contributed by atoms with van der Waals surface area (Å²) in [6.45, 7) is 4.30. The fraction of sp³-hybridized carbons (Fsp3) is 0.0476. The highest BCUT2D eigenvalue weighted by Crippen LogP contribution is 2.61. The van der Waals surface area contributed by atoms with Crippen LogP contribution in [0, 0.1) is 0 Å². The molecule has 126 valence electrons. The molecule has 0 N–H and O–H groups in total. The van der Waals surface area contributed by atoms with Crippen molar-refractivity contribution in [2.75, 3.05) is 7.11 Å². The second kappa shape index (κ2) is 8.05. The van der Waals surface area contributed by atoms with Crippen LogP contribution in [0.15, 0.2) is 91.5 Å². The van der Waals surface area contributed by atoms with E-state index in [0.29, 0.717) is 0 Å². The van der Waals surface area contributed by atoms with E-state index in [4.69, 9.17) is 16.5 Å². The maximum atomic E-state index is 6.25. The highest BCUT2D eigenvalue weighted by Gasteiger charge is 2.24. The normalized spacial score (nSPS) is 11.1. The summed E-state index contributed by atoms with van der Waals surface area (Å²) in [5, 5.41) is 0.336. The van der Waals surface area contributed by atoms with Gasteiger partial charge in [0.15, 0.2) is 0 Å². The van der Waals surface area contributed by atoms with Crippen molar-refractivity contribution in [1.82, 2.24) is 0 Å². The van der Waals surface area contributed by atoms with E-state index < -0.39 is 5.24 Å². The number of methoxy groups -OCH3 is 1. The molecule has 0 unspecified atom stereocenters. The van der Waals surface area contributed by atoms with Crippen LogP contribution in [-0.2, 0) is 11.8 Å². The highest BCUT2D eigenvalue weighted by molar-refractivity contribution is 8.78. The lowest BCUT2D eigenvalue weighted by molar-refractivity contribution is 0.415. The second-order valence-electron chi connectivity index (χ2n) is 5.47. The lowest BCUT2D eigenvalue weighted by Crippen LogP contribution is -2.12. The van der Waals surface area contributed by atoms with Crippen molar-refractivity contribution in [3.05, 3.63) is 97.1 Å². The molecule has 3 aromatic rings. The maximum Gasteiger partial charge on any atom is 0.118 e. The van der Waals surface area contributed by atoms with Gasteiger partial charge in [-0.2, -0.15) is 0 Å². The predicted molar refractivity (Wildman–Crippen MR) is 116 cm³/mol. The lowest BCUT2D eigenvalue weighted by Gasteiger charge is -2.23. The van der Waals surface area contributed by atoms with E-state index in [2.05, 4.69) is 55.1 Å². The van der Waals surface area contributed by atoms with Crippen LogP contribution in [0.1, 0.15) is 5.56 Å². The first-order chi connectivity index (χ1) is 12.1. The van der Waals surface area contributed by atoms with E-state index in [0.717, 1.165) is 16.2 Å². The Labute approximate surface area is 158 Å². The van der Waals surface area contributed by atoms with Gasteiger partial charge >= 0.3 is 0 Å². The fourth-order valence-electron chi connectivity index (χ4n) is 2.49. The second-order valence-corrected chi connectivity index (χ2v) is 12.8. The largest absolute Gasteiger partial charge is 0.497 e. The Morgan fingerprint density at radius 3 is 1.76 bits per heavy atom. The fourth-order valence-corrected chi connectivity index (χ4v) is 8.83. The summed E-state index contributed by atoms with van der Waals surface area (Å²) in [6, 6.07) is 28.7. The minimum atomic E-state index is -2.05. The molecule has 0 aliphatic carbocycles. The van der Waals surface area contributed by atoms with Crippen molar-refractivity contribution in [1.29, 1.82) is 0 Å². The molecule has 0 amide bonds. The summed E-state index contributed by atoms with van der Waals surface area (Å²) >= 11 is 7.96. The van der Waals surface area contributed by atoms with Crippen LogP contribution >= 0.6 is 16.6 Å². The van der Waals surface area contributed by atoms with Gasteiger partial charge in [-0.05, 0) is 28.3 Å². The van der Waals surface area contributed by atoms with Gasteiger partial charge in [-0.15, -0.1) is 0 Å². The first kappa shape index (κ1) is 18.0. The molecule has 0 saturated carbocycles. The summed E-state index contributed by atoms with van der Waals surface area (Å²) in [5.74, 6) is 0.840. The Hall–Kier alpha value is -1.80. The molecule has 0 saturated heterocycles. The van der Waals surface area contributed by atoms with Crippen molar-refractivity contribution in [2.45, 2.75) is 0 Å². The smallest absolute Gasteiger partial charge is 0.118 e. The summed E-state index contributed by atoms with van der Waals surface area (Å²) in [6.07, 6.45) is 0. The molecule has 0 bridgehead atoms. The number of benzene rings is 3. The Morgan fingerprint density at radius 2 is 1.32 bits per heavy atom. The third-order valence-corrected chi connectivity index (χ3v) is 11.1. The Balaban J connectivity index is 1.98. The van der Waals surface area contributed by atoms with Crippen LogP contribution in [0.25, 0.3) is 4.91 Å². The van der Waals surface area contributed by atoms with Gasteiger partial charge in [-0.25, -0.2) is 0 Å². The van der Waals surface area contributed by atoms with E-state index in [1.807, 2.05) is 36.4 Å². The molecule has 0 fully saturated rings. The molecule has 1 nitrogen and oxygen atoms in total. The summed E-state index contributed by atoms with van der Waals surface area (Å²) < 4.78 is 5.24. The SMILES string of the molecule is C=C(SP(=S)(c1ccccc1)c1ccccc1)c1ccc(OC)cc1. The Bertz CT molecular complexity index is 847. The van der Waals surface area contributed by atoms with Gasteiger partial charge in [-0.3, -0.25) is 0 Å². The van der Waals surface area contributed by atoms with Crippen molar-refractivity contribution in [2.24, 2.45) is 0 Å². The molecular formula is C21H19OPS2. The van der Waals surface area contributed by atoms with E-state index in [1.165, 1.54) is 10.6 Å². The third kappa shape index (κ3) is 4.07. The Kier molecular flexibility index (Phi) is 5.80. The topological polar surface area (TPSA) is 9.23 Å². The van der Waals surface area contributed by atoms with Crippen LogP contribution in [-0.4, -0.2) is 7.11 Å². The first-order valence-electron chi connectivity index (χ1n) is 7.88. The van der Waals surface area contributed by atoms with Crippen molar-refractivity contribution in [3.8, 4) is 5.75 Å². The monoisotopic (exact) mass is 382 g/mol. The van der Waals surface area contributed by atoms with Gasteiger partial charge in [0.05, 0.1) is 12.3 Å². The molecule has 0 heterocycles. The van der Waals surface area contributed by atoms with E-state index >= 15 is 0 Å². The lowest BCUT2D eigenvalue weighted by atomic mass is 10.2. The maximum absolute atomic E-state index is 6.25. The van der Waals surface area contributed by atoms with Gasteiger partial charge in [0.25, 0.3) is 0 Å². The van der Waals surface area contributed by atoms with Gasteiger partial charge in [0, 0.05) is 4.91 Å². The average molecular weight is 382 g/mol. The first-order valence-corrected chi connectivity index (χ1v) is 12.1. The number of hydrogen-bond acceptors (Lipinski definition) is 3. The van der Waals surface area contributed by atoms with Crippen LogP contribution in [0.4, 0.5) is 0 Å². The van der Waals surface area contributed by atoms with Gasteiger partial charge in [0.2, 0.25) is 0 Å². The van der Waals surface area contributed by atoms with Crippen molar-refractivity contribution < 1.29 is 4.74 Å². The molecule has 3 aromatic carbocycles. The zero-order valence-electron chi connectivity index (χ0n) is 14.0. The number of hydrogen-bond donors (Lipinski definition) is 0. The molecule has 0 aliphatic heterocycles. The third-order valence-electron chi connectivity index (χ3n) is 3.84. The van der Waals surface area contributed by atoms with E-state index in [-0.39, 0.29) is 0 Å². The molecule has 0 radical (unpaired) electrons. The minimum absolute atomic E-state index is 0.840. The summed E-state index contributed by atoms with van der Waals surface area (Å²) in [4.78, 5) is 0.985. The molecule has 0 aromatic heterocycles. The van der Waals surface area contributed by atoms with Gasteiger partial charge < -0.3 is 4.74 Å². The number of rotatable bonds is 6. The Morgan fingerprint density at radius 1 is 0.840 bits per heavy atom. The average Bonchev–Trinajstić information content (AvgIpc) is 2.69. The number of ether oxygens (including phenoxy) is 1. The van der Waals surface area contributed by atoms with Crippen LogP contribution in [0.2, 0.25) is 0 Å². The van der Waals surface area contributed by atoms with Crippen LogP contribution < -0.4 is 15.3 Å². The molecule has 4 heteroatoms. The predicted octanol–water partition coefficient (Wildman–Crippen LogP) is 5.44. The zero-order chi connectivity index (χ0) is 17.7. The molecule has 0 atom stereocenters. The van der Waals surface area contributed by atoms with Crippen LogP contribution in [0.5, 0.6) is 5.75 Å². The standard InChI is InChI=1S/C21H19OPS2/c1-17(18-13-15-19(22-2)16-14-18)25-23(24,20-9-5-3-6-10-20)21-11-7-4-8-12-21/h3-16H,1H2,2H3. The van der Waals surface area contributed by atoms with Crippen LogP contribution in [0.3, 0.4) is 0 Å². The zero-order valence-corrected chi connectivity index (χ0v) is 16.5.